The van der Waals surface area contributed by atoms with E-state index in [1.807, 2.05) is 42.5 Å². The molecule has 2 heterocycles. The Morgan fingerprint density at radius 3 is 2.41 bits per heavy atom. The van der Waals surface area contributed by atoms with Crippen LogP contribution in [0.1, 0.15) is 65.6 Å². The maximum absolute atomic E-state index is 13.7. The van der Waals surface area contributed by atoms with Crippen LogP contribution in [0.4, 0.5) is 0 Å². The lowest BCUT2D eigenvalue weighted by molar-refractivity contribution is -0.130. The van der Waals surface area contributed by atoms with Gasteiger partial charge in [0.2, 0.25) is 5.91 Å². The van der Waals surface area contributed by atoms with Crippen LogP contribution in [0.2, 0.25) is 0 Å². The van der Waals surface area contributed by atoms with Crippen LogP contribution < -0.4 is 5.73 Å². The lowest BCUT2D eigenvalue weighted by Crippen LogP contribution is -2.50. The fraction of sp³-hybridized carbons (Fsp3) is 0.433. The van der Waals surface area contributed by atoms with Crippen LogP contribution >= 0.6 is 11.8 Å². The fourth-order valence-electron chi connectivity index (χ4n) is 5.76. The molecule has 2 aliphatic heterocycles. The van der Waals surface area contributed by atoms with Crippen molar-refractivity contribution in [2.24, 2.45) is 11.7 Å². The summed E-state index contributed by atoms with van der Waals surface area (Å²) in [4.78, 5) is 42.7. The standard InChI is InChI=1S/C30H35N3O3S/c1-20-6-2-3-7-24(20)19-33-25-8-4-5-9-26(25)37-27(30(33)36)18-21-10-12-23(13-11-21)29(35)32-16-14-22(15-17-32)28(31)34/h2-3,6-7,10-13,18,22,25-26H,4-5,8-9,14-17,19H2,1H3,(H2,31,34)/b27-18+. The van der Waals surface area contributed by atoms with Crippen molar-refractivity contribution >= 4 is 35.6 Å². The average Bonchev–Trinajstić information content (AvgIpc) is 2.92. The second-order valence-corrected chi connectivity index (χ2v) is 11.7. The number of nitrogens with zero attached hydrogens (tertiary/aromatic N) is 2. The topological polar surface area (TPSA) is 83.7 Å². The van der Waals surface area contributed by atoms with Gasteiger partial charge in [-0.3, -0.25) is 14.4 Å². The molecule has 0 aromatic heterocycles. The van der Waals surface area contributed by atoms with Crippen LogP contribution in [-0.2, 0) is 16.1 Å². The van der Waals surface area contributed by atoms with Crippen molar-refractivity contribution in [3.8, 4) is 0 Å². The Morgan fingerprint density at radius 1 is 1.00 bits per heavy atom. The third-order valence-electron chi connectivity index (χ3n) is 8.06. The number of benzene rings is 2. The highest BCUT2D eigenvalue weighted by Gasteiger charge is 2.40. The second kappa shape index (κ2) is 11.1. The molecule has 37 heavy (non-hydrogen) atoms. The number of thioether (sulfide) groups is 1. The molecular formula is C30H35N3O3S. The molecule has 0 bridgehead atoms. The molecule has 2 aromatic carbocycles. The largest absolute Gasteiger partial charge is 0.369 e. The molecule has 2 unspecified atom stereocenters. The Balaban J connectivity index is 1.32. The Bertz CT molecular complexity index is 1200. The summed E-state index contributed by atoms with van der Waals surface area (Å²) in [6.45, 7) is 3.84. The van der Waals surface area contributed by atoms with E-state index >= 15 is 0 Å². The second-order valence-electron chi connectivity index (χ2n) is 10.5. The van der Waals surface area contributed by atoms with Gasteiger partial charge in [0, 0.05) is 42.4 Å². The molecule has 2 aromatic rings. The Hall–Kier alpha value is -3.06. The number of carbonyl (C=O) groups excluding carboxylic acids is 3. The summed E-state index contributed by atoms with van der Waals surface area (Å²) in [5, 5.41) is 0.422. The molecule has 3 amide bonds. The van der Waals surface area contributed by atoms with Gasteiger partial charge in [-0.25, -0.2) is 0 Å². The monoisotopic (exact) mass is 517 g/mol. The maximum Gasteiger partial charge on any atom is 0.260 e. The molecule has 3 fully saturated rings. The number of hydrogen-bond acceptors (Lipinski definition) is 4. The van der Waals surface area contributed by atoms with Crippen LogP contribution in [0.3, 0.4) is 0 Å². The normalized spacial score (nSPS) is 23.7. The number of likely N-dealkylation sites (tertiary alicyclic amines) is 1. The predicted molar refractivity (Wildman–Crippen MR) is 148 cm³/mol. The highest BCUT2D eigenvalue weighted by molar-refractivity contribution is 8.04. The third-order valence-corrected chi connectivity index (χ3v) is 9.46. The first kappa shape index (κ1) is 25.6. The molecule has 194 valence electrons. The zero-order valence-corrected chi connectivity index (χ0v) is 22.2. The van der Waals surface area contributed by atoms with Gasteiger partial charge in [-0.05, 0) is 67.5 Å². The average molecular weight is 518 g/mol. The first-order chi connectivity index (χ1) is 17.9. The fourth-order valence-corrected chi connectivity index (χ4v) is 7.23. The number of carbonyl (C=O) groups is 3. The minimum absolute atomic E-state index is 0.0281. The number of rotatable bonds is 5. The zero-order valence-electron chi connectivity index (χ0n) is 21.4. The van der Waals surface area contributed by atoms with Crippen LogP contribution in [-0.4, -0.2) is 51.9 Å². The Morgan fingerprint density at radius 2 is 1.70 bits per heavy atom. The lowest BCUT2D eigenvalue weighted by atomic mass is 9.92. The lowest BCUT2D eigenvalue weighted by Gasteiger charge is -2.44. The van der Waals surface area contributed by atoms with E-state index in [-0.39, 0.29) is 29.7 Å². The molecular weight excluding hydrogens is 482 g/mol. The summed E-state index contributed by atoms with van der Waals surface area (Å²) < 4.78 is 0. The first-order valence-electron chi connectivity index (χ1n) is 13.3. The van der Waals surface area contributed by atoms with Crippen LogP contribution in [0.25, 0.3) is 6.08 Å². The van der Waals surface area contributed by atoms with Gasteiger partial charge in [-0.2, -0.15) is 0 Å². The van der Waals surface area contributed by atoms with Crippen molar-refractivity contribution in [2.45, 2.75) is 63.3 Å². The SMILES string of the molecule is Cc1ccccc1CN1C(=O)/C(=C\c2ccc(C(=O)N3CCC(C(N)=O)CC3)cc2)SC2CCCCC21. The van der Waals surface area contributed by atoms with E-state index in [9.17, 15) is 14.4 Å². The number of piperidine rings is 1. The molecule has 0 spiro atoms. The van der Waals surface area contributed by atoms with Crippen molar-refractivity contribution in [3.63, 3.8) is 0 Å². The van der Waals surface area contributed by atoms with Gasteiger partial charge < -0.3 is 15.5 Å². The number of hydrogen-bond donors (Lipinski definition) is 1. The molecule has 2 saturated heterocycles. The summed E-state index contributed by atoms with van der Waals surface area (Å²) in [5.41, 5.74) is 9.38. The number of amides is 3. The van der Waals surface area contributed by atoms with Crippen molar-refractivity contribution in [1.82, 2.24) is 9.80 Å². The van der Waals surface area contributed by atoms with Gasteiger partial charge in [0.15, 0.2) is 0 Å². The predicted octanol–water partition coefficient (Wildman–Crippen LogP) is 4.76. The molecule has 6 nitrogen and oxygen atoms in total. The van der Waals surface area contributed by atoms with Gasteiger partial charge in [-0.15, -0.1) is 11.8 Å². The van der Waals surface area contributed by atoms with E-state index in [0.29, 0.717) is 43.3 Å². The summed E-state index contributed by atoms with van der Waals surface area (Å²) in [5.74, 6) is -0.345. The minimum Gasteiger partial charge on any atom is -0.369 e. The molecule has 2 atom stereocenters. The minimum atomic E-state index is -0.281. The molecule has 0 radical (unpaired) electrons. The number of primary amides is 1. The van der Waals surface area contributed by atoms with E-state index in [1.165, 1.54) is 24.0 Å². The zero-order chi connectivity index (χ0) is 25.9. The van der Waals surface area contributed by atoms with E-state index in [4.69, 9.17) is 5.73 Å². The van der Waals surface area contributed by atoms with Crippen molar-refractivity contribution in [3.05, 3.63) is 75.7 Å². The number of aryl methyl sites for hydroxylation is 1. The summed E-state index contributed by atoms with van der Waals surface area (Å²) in [6.07, 6.45) is 7.79. The van der Waals surface area contributed by atoms with Gasteiger partial charge in [-0.1, -0.05) is 49.2 Å². The third kappa shape index (κ3) is 5.61. The molecule has 5 rings (SSSR count). The van der Waals surface area contributed by atoms with Crippen molar-refractivity contribution in [2.75, 3.05) is 13.1 Å². The molecule has 7 heteroatoms. The molecule has 1 aliphatic carbocycles. The van der Waals surface area contributed by atoms with Gasteiger partial charge in [0.05, 0.1) is 4.91 Å². The van der Waals surface area contributed by atoms with E-state index in [1.54, 1.807) is 16.7 Å². The summed E-state index contributed by atoms with van der Waals surface area (Å²) in [6, 6.07) is 16.1. The molecule has 1 saturated carbocycles. The maximum atomic E-state index is 13.7. The number of nitrogens with two attached hydrogens (primary N) is 1. The Labute approximate surface area is 223 Å². The van der Waals surface area contributed by atoms with Crippen LogP contribution in [0.5, 0.6) is 0 Å². The molecule has 3 aliphatic rings. The van der Waals surface area contributed by atoms with Crippen LogP contribution in [0, 0.1) is 12.8 Å². The van der Waals surface area contributed by atoms with Gasteiger partial charge in [0.1, 0.15) is 0 Å². The van der Waals surface area contributed by atoms with E-state index < -0.39 is 0 Å². The van der Waals surface area contributed by atoms with Gasteiger partial charge >= 0.3 is 0 Å². The highest BCUT2D eigenvalue weighted by atomic mass is 32.2. The van der Waals surface area contributed by atoms with Crippen molar-refractivity contribution in [1.29, 1.82) is 0 Å². The van der Waals surface area contributed by atoms with Gasteiger partial charge in [0.25, 0.3) is 11.8 Å². The van der Waals surface area contributed by atoms with Crippen molar-refractivity contribution < 1.29 is 14.4 Å². The van der Waals surface area contributed by atoms with Crippen LogP contribution in [0.15, 0.2) is 53.4 Å². The van der Waals surface area contributed by atoms with E-state index in [2.05, 4.69) is 24.0 Å². The smallest absolute Gasteiger partial charge is 0.260 e. The summed E-state index contributed by atoms with van der Waals surface area (Å²) >= 11 is 1.73. The quantitative estimate of drug-likeness (QED) is 0.580. The Kier molecular flexibility index (Phi) is 7.70. The highest BCUT2D eigenvalue weighted by Crippen LogP contribution is 2.43. The molecule has 2 N–H and O–H groups in total. The summed E-state index contributed by atoms with van der Waals surface area (Å²) in [7, 11) is 0. The van der Waals surface area contributed by atoms with E-state index in [0.717, 1.165) is 23.3 Å². The first-order valence-corrected chi connectivity index (χ1v) is 14.2. The number of fused-ring (bicyclic) bond motifs is 1.